The maximum Gasteiger partial charge on any atom is 0.409 e. The third kappa shape index (κ3) is 4.61. The molecule has 1 aliphatic heterocycles. The summed E-state index contributed by atoms with van der Waals surface area (Å²) < 4.78 is 5.01. The first-order valence-electron chi connectivity index (χ1n) is 9.09. The summed E-state index contributed by atoms with van der Waals surface area (Å²) >= 11 is 0. The second-order valence-electron chi connectivity index (χ2n) is 6.18. The minimum atomic E-state index is -0.515. The zero-order valence-electron chi connectivity index (χ0n) is 16.1. The number of aromatic nitrogens is 4. The van der Waals surface area contributed by atoms with E-state index >= 15 is 0 Å². The number of carbonyl (C=O) groups excluding carboxylic acids is 1. The number of aromatic amines is 1. The summed E-state index contributed by atoms with van der Waals surface area (Å²) in [6.45, 7) is 4.14. The van der Waals surface area contributed by atoms with Gasteiger partial charge in [-0.25, -0.2) is 4.79 Å². The van der Waals surface area contributed by atoms with Crippen LogP contribution in [0.5, 0.6) is 0 Å². The number of amides is 1. The third-order valence-electron chi connectivity index (χ3n) is 4.43. The number of nitrogens with one attached hydrogen (secondary N) is 2. The smallest absolute Gasteiger partial charge is 0.409 e. The molecule has 0 atom stereocenters. The lowest BCUT2D eigenvalue weighted by Crippen LogP contribution is -2.49. The fourth-order valence-electron chi connectivity index (χ4n) is 2.93. The molecule has 13 nitrogen and oxygen atoms in total. The van der Waals surface area contributed by atoms with Crippen molar-refractivity contribution < 1.29 is 14.5 Å². The summed E-state index contributed by atoms with van der Waals surface area (Å²) in [4.78, 5) is 26.4. The molecule has 1 aromatic heterocycles. The van der Waals surface area contributed by atoms with E-state index in [2.05, 4.69) is 25.9 Å². The second-order valence-corrected chi connectivity index (χ2v) is 6.18. The average Bonchev–Trinajstić information content (AvgIpc) is 3.29. The Morgan fingerprint density at radius 2 is 2.20 bits per heavy atom. The number of anilines is 2. The number of carbonyl (C=O) groups is 1. The molecule has 1 amide bonds. The maximum atomic E-state index is 11.8. The highest BCUT2D eigenvalue weighted by molar-refractivity contribution is 5.77. The van der Waals surface area contributed by atoms with Crippen molar-refractivity contribution in [3.8, 4) is 6.07 Å². The Labute approximate surface area is 171 Å². The number of rotatable bonds is 6. The molecule has 0 unspecified atom stereocenters. The highest BCUT2D eigenvalue weighted by atomic mass is 16.6. The molecule has 1 fully saturated rings. The quantitative estimate of drug-likeness (QED) is 0.401. The van der Waals surface area contributed by atoms with Gasteiger partial charge in [0.1, 0.15) is 17.3 Å². The van der Waals surface area contributed by atoms with E-state index in [-0.39, 0.29) is 28.9 Å². The lowest BCUT2D eigenvalue weighted by atomic mass is 10.2. The summed E-state index contributed by atoms with van der Waals surface area (Å²) in [7, 11) is 0. The van der Waals surface area contributed by atoms with Crippen molar-refractivity contribution in [2.24, 2.45) is 0 Å². The van der Waals surface area contributed by atoms with Gasteiger partial charge < -0.3 is 19.9 Å². The number of hydrogen-bond acceptors (Lipinski definition) is 10. The summed E-state index contributed by atoms with van der Waals surface area (Å²) in [6, 6.07) is 6.58. The van der Waals surface area contributed by atoms with Crippen LogP contribution in [0, 0.1) is 21.4 Å². The maximum absolute atomic E-state index is 11.8. The topological polar surface area (TPSA) is 166 Å². The van der Waals surface area contributed by atoms with E-state index < -0.39 is 4.92 Å². The van der Waals surface area contributed by atoms with Crippen molar-refractivity contribution in [1.82, 2.24) is 25.5 Å². The Morgan fingerprint density at radius 3 is 2.80 bits per heavy atom. The number of tetrazole rings is 1. The van der Waals surface area contributed by atoms with Gasteiger partial charge in [0.05, 0.1) is 11.5 Å². The van der Waals surface area contributed by atoms with Crippen molar-refractivity contribution in [1.29, 1.82) is 5.26 Å². The number of H-pyrrole nitrogens is 1. The standard InChI is InChI=1S/C17H19N9O4/c1-2-30-17(27)25-7-5-24(6-8-25)13-3-4-15(26(28)29)14(9-13)19-11-12(10-18)16-20-22-23-21-16/h3-4,9,11,19H,2,5-8H2,1H3,(H,20,21,22,23). The molecule has 156 valence electrons. The van der Waals surface area contributed by atoms with Crippen LogP contribution in [-0.2, 0) is 4.74 Å². The lowest BCUT2D eigenvalue weighted by molar-refractivity contribution is -0.383. The molecule has 0 spiro atoms. The van der Waals surface area contributed by atoms with Gasteiger partial charge in [0.2, 0.25) is 5.82 Å². The molecule has 0 radical (unpaired) electrons. The monoisotopic (exact) mass is 413 g/mol. The molecule has 1 aliphatic rings. The summed E-state index contributed by atoms with van der Waals surface area (Å²) in [5, 5.41) is 36.5. The third-order valence-corrected chi connectivity index (χ3v) is 4.43. The number of nitrogens with zero attached hydrogens (tertiary/aromatic N) is 7. The molecule has 13 heteroatoms. The van der Waals surface area contributed by atoms with Crippen molar-refractivity contribution in [2.45, 2.75) is 6.92 Å². The molecule has 1 aromatic carbocycles. The normalized spacial score (nSPS) is 14.2. The van der Waals surface area contributed by atoms with Crippen molar-refractivity contribution in [2.75, 3.05) is 43.0 Å². The molecule has 30 heavy (non-hydrogen) atoms. The van der Waals surface area contributed by atoms with Gasteiger partial charge in [0, 0.05) is 44.1 Å². The van der Waals surface area contributed by atoms with Crippen molar-refractivity contribution in [3.63, 3.8) is 0 Å². The van der Waals surface area contributed by atoms with Gasteiger partial charge in [-0.2, -0.15) is 10.5 Å². The van der Waals surface area contributed by atoms with Crippen LogP contribution in [0.15, 0.2) is 24.4 Å². The molecular formula is C17H19N9O4. The largest absolute Gasteiger partial charge is 0.450 e. The van der Waals surface area contributed by atoms with Gasteiger partial charge in [-0.3, -0.25) is 10.1 Å². The number of piperazine rings is 1. The first-order chi connectivity index (χ1) is 14.5. The minimum Gasteiger partial charge on any atom is -0.450 e. The number of benzene rings is 1. The Hall–Kier alpha value is -4.21. The molecule has 3 rings (SSSR count). The summed E-state index contributed by atoms with van der Waals surface area (Å²) in [5.41, 5.74) is 0.872. The van der Waals surface area contributed by atoms with Crippen molar-refractivity contribution >= 4 is 28.7 Å². The fourth-order valence-corrected chi connectivity index (χ4v) is 2.93. The van der Waals surface area contributed by atoms with E-state index in [0.717, 1.165) is 5.69 Å². The van der Waals surface area contributed by atoms with Gasteiger partial charge in [0.25, 0.3) is 5.69 Å². The molecule has 0 aliphatic carbocycles. The summed E-state index contributed by atoms with van der Waals surface area (Å²) in [5.74, 6) is 0.0684. The Balaban J connectivity index is 1.78. The first-order valence-corrected chi connectivity index (χ1v) is 9.09. The zero-order chi connectivity index (χ0) is 21.5. The fraction of sp³-hybridized carbons (Fsp3) is 0.353. The molecule has 2 aromatic rings. The van der Waals surface area contributed by atoms with Crippen LogP contribution < -0.4 is 10.2 Å². The highest BCUT2D eigenvalue weighted by Crippen LogP contribution is 2.30. The number of nitro groups is 1. The molecular weight excluding hydrogens is 394 g/mol. The molecule has 0 saturated carbocycles. The molecule has 1 saturated heterocycles. The lowest BCUT2D eigenvalue weighted by Gasteiger charge is -2.35. The predicted molar refractivity (Wildman–Crippen MR) is 105 cm³/mol. The zero-order valence-corrected chi connectivity index (χ0v) is 16.1. The number of hydrogen-bond donors (Lipinski definition) is 2. The number of ether oxygens (including phenoxy) is 1. The SMILES string of the molecule is CCOC(=O)N1CCN(c2ccc([N+](=O)[O-])c(NC=C(C#N)c3nn[nH]n3)c2)CC1. The molecule has 2 N–H and O–H groups in total. The first kappa shape index (κ1) is 20.5. The summed E-state index contributed by atoms with van der Waals surface area (Å²) in [6.07, 6.45) is 0.939. The van der Waals surface area contributed by atoms with Crippen molar-refractivity contribution in [3.05, 3.63) is 40.3 Å². The van der Waals surface area contributed by atoms with Crippen LogP contribution in [0.4, 0.5) is 21.9 Å². The van der Waals surface area contributed by atoms with E-state index in [1.165, 1.54) is 12.3 Å². The number of nitro benzene ring substituents is 1. The predicted octanol–water partition coefficient (Wildman–Crippen LogP) is 1.36. The number of allylic oxidation sites excluding steroid dienone is 1. The van der Waals surface area contributed by atoms with Gasteiger partial charge >= 0.3 is 6.09 Å². The van der Waals surface area contributed by atoms with Crippen LogP contribution in [0.3, 0.4) is 0 Å². The van der Waals surface area contributed by atoms with Gasteiger partial charge in [0.15, 0.2) is 0 Å². The highest BCUT2D eigenvalue weighted by Gasteiger charge is 2.23. The average molecular weight is 413 g/mol. The Kier molecular flexibility index (Phi) is 6.38. The molecule has 0 bridgehead atoms. The van der Waals surface area contributed by atoms with Gasteiger partial charge in [-0.15, -0.1) is 10.2 Å². The van der Waals surface area contributed by atoms with E-state index in [0.29, 0.717) is 32.8 Å². The number of nitriles is 1. The van der Waals surface area contributed by atoms with E-state index in [1.807, 2.05) is 11.0 Å². The van der Waals surface area contributed by atoms with Crippen LogP contribution in [0.25, 0.3) is 5.57 Å². The van der Waals surface area contributed by atoms with Crippen LogP contribution in [0.1, 0.15) is 12.7 Å². The Morgan fingerprint density at radius 1 is 1.43 bits per heavy atom. The Bertz CT molecular complexity index is 976. The van der Waals surface area contributed by atoms with Gasteiger partial charge in [-0.05, 0) is 24.3 Å². The van der Waals surface area contributed by atoms with E-state index in [9.17, 15) is 20.2 Å². The minimum absolute atomic E-state index is 0.0616. The second kappa shape index (κ2) is 9.32. The van der Waals surface area contributed by atoms with E-state index in [1.54, 1.807) is 24.0 Å². The van der Waals surface area contributed by atoms with Crippen LogP contribution in [-0.4, -0.2) is 69.3 Å². The van der Waals surface area contributed by atoms with E-state index in [4.69, 9.17) is 4.74 Å². The van der Waals surface area contributed by atoms with Crippen LogP contribution >= 0.6 is 0 Å². The van der Waals surface area contributed by atoms with Crippen LogP contribution in [0.2, 0.25) is 0 Å². The van der Waals surface area contributed by atoms with Gasteiger partial charge in [-0.1, -0.05) is 0 Å². The molecule has 2 heterocycles.